The zero-order chi connectivity index (χ0) is 31.7. The number of carbonyl (C=O) groups is 1. The van der Waals surface area contributed by atoms with E-state index >= 15 is 0 Å². The Morgan fingerprint density at radius 3 is 2.52 bits per heavy atom. The zero-order valence-corrected chi connectivity index (χ0v) is 25.1. The quantitative estimate of drug-likeness (QED) is 0.306. The third kappa shape index (κ3) is 6.79. The number of rotatable bonds is 8. The molecule has 44 heavy (non-hydrogen) atoms. The second kappa shape index (κ2) is 13.8. The lowest BCUT2D eigenvalue weighted by molar-refractivity contribution is -0.197. The average molecular weight is 680 g/mol. The highest BCUT2D eigenvalue weighted by molar-refractivity contribution is 7.85. The van der Waals surface area contributed by atoms with Crippen LogP contribution in [0.25, 0.3) is 11.3 Å². The minimum atomic E-state index is -2.09. The number of piperidine rings is 1. The molecule has 0 unspecified atom stereocenters. The molecule has 0 aliphatic carbocycles. The van der Waals surface area contributed by atoms with Crippen LogP contribution in [-0.4, -0.2) is 101 Å². The molecule has 2 fully saturated rings. The molecule has 0 saturated carbocycles. The van der Waals surface area contributed by atoms with Gasteiger partial charge in [0.15, 0.2) is 22.9 Å². The predicted octanol–water partition coefficient (Wildman–Crippen LogP) is 2.46. The van der Waals surface area contributed by atoms with Gasteiger partial charge in [-0.1, -0.05) is 28.4 Å². The van der Waals surface area contributed by atoms with E-state index in [2.05, 4.69) is 10.3 Å². The molecular formula is C27H27Cl2F3N4O7S. The van der Waals surface area contributed by atoms with Crippen molar-refractivity contribution >= 4 is 39.9 Å². The topological polar surface area (TPSA) is 147 Å². The van der Waals surface area contributed by atoms with Crippen molar-refractivity contribution in [2.45, 2.75) is 53.6 Å². The van der Waals surface area contributed by atoms with Crippen LogP contribution < -0.4 is 0 Å². The summed E-state index contributed by atoms with van der Waals surface area (Å²) in [4.78, 5) is 14.6. The van der Waals surface area contributed by atoms with Crippen LogP contribution in [0.1, 0.15) is 18.9 Å². The van der Waals surface area contributed by atoms with Crippen LogP contribution in [0.4, 0.5) is 13.2 Å². The van der Waals surface area contributed by atoms with Crippen LogP contribution in [0, 0.1) is 17.5 Å². The van der Waals surface area contributed by atoms with Gasteiger partial charge in [0, 0.05) is 23.5 Å². The first-order valence-electron chi connectivity index (χ1n) is 13.4. The first kappa shape index (κ1) is 32.8. The molecule has 7 atom stereocenters. The van der Waals surface area contributed by atoms with E-state index < -0.39 is 83.3 Å². The number of aliphatic hydroxyl groups excluding tert-OH is 3. The van der Waals surface area contributed by atoms with Gasteiger partial charge in [0.1, 0.15) is 36.7 Å². The summed E-state index contributed by atoms with van der Waals surface area (Å²) < 4.78 is 68.2. The van der Waals surface area contributed by atoms with Crippen LogP contribution in [0.15, 0.2) is 41.4 Å². The van der Waals surface area contributed by atoms with E-state index in [0.29, 0.717) is 31.5 Å². The fraction of sp³-hybridized carbons (Fsp3) is 0.444. The number of nitrogens with zero attached hydrogens (tertiary/aromatic N) is 4. The maximum atomic E-state index is 13.9. The number of ether oxygens (including phenoxy) is 2. The molecule has 2 aliphatic heterocycles. The monoisotopic (exact) mass is 678 g/mol. The summed E-state index contributed by atoms with van der Waals surface area (Å²) in [5, 5.41) is 39.5. The van der Waals surface area contributed by atoms with Gasteiger partial charge in [-0.25, -0.2) is 17.9 Å². The summed E-state index contributed by atoms with van der Waals surface area (Å²) in [6.07, 6.45) is -2.67. The zero-order valence-electron chi connectivity index (χ0n) is 22.7. The number of hydrogen-bond donors (Lipinski definition) is 3. The third-order valence-corrected chi connectivity index (χ3v) is 9.66. The molecule has 238 valence electrons. The average Bonchev–Trinajstić information content (AvgIpc) is 3.49. The smallest absolute Gasteiger partial charge is 0.248 e. The van der Waals surface area contributed by atoms with Crippen molar-refractivity contribution in [3.8, 4) is 11.3 Å². The van der Waals surface area contributed by atoms with Gasteiger partial charge >= 0.3 is 0 Å². The molecule has 3 heterocycles. The number of aliphatic hydroxyl groups is 3. The Morgan fingerprint density at radius 1 is 1.14 bits per heavy atom. The Balaban J connectivity index is 1.52. The number of amides is 1. The van der Waals surface area contributed by atoms with Crippen molar-refractivity contribution in [3.05, 3.63) is 64.0 Å². The van der Waals surface area contributed by atoms with Crippen molar-refractivity contribution < 1.29 is 47.0 Å². The van der Waals surface area contributed by atoms with E-state index in [1.807, 2.05) is 0 Å². The van der Waals surface area contributed by atoms with Gasteiger partial charge in [-0.05, 0) is 43.2 Å². The fourth-order valence-corrected chi connectivity index (χ4v) is 6.94. The molecule has 2 aliphatic rings. The Labute approximate surface area is 261 Å². The number of benzene rings is 2. The number of aromatic nitrogens is 3. The first-order chi connectivity index (χ1) is 21.0. The molecule has 1 aromatic heterocycles. The maximum Gasteiger partial charge on any atom is 0.248 e. The summed E-state index contributed by atoms with van der Waals surface area (Å²) in [7, 11) is -2.09. The maximum absolute atomic E-state index is 13.9. The Morgan fingerprint density at radius 2 is 1.86 bits per heavy atom. The first-order valence-corrected chi connectivity index (χ1v) is 15.4. The van der Waals surface area contributed by atoms with Crippen molar-refractivity contribution in [1.29, 1.82) is 0 Å². The Bertz CT molecular complexity index is 1530. The van der Waals surface area contributed by atoms with Crippen LogP contribution >= 0.6 is 23.2 Å². The highest BCUT2D eigenvalue weighted by Gasteiger charge is 2.50. The molecule has 5 rings (SSSR count). The summed E-state index contributed by atoms with van der Waals surface area (Å²) in [5.74, 6) is -5.07. The Kier molecular flexibility index (Phi) is 10.3. The van der Waals surface area contributed by atoms with Crippen LogP contribution in [0.5, 0.6) is 0 Å². The van der Waals surface area contributed by atoms with Gasteiger partial charge in [0.2, 0.25) is 5.91 Å². The molecule has 0 spiro atoms. The molecule has 11 nitrogen and oxygen atoms in total. The highest BCUT2D eigenvalue weighted by atomic mass is 35.5. The van der Waals surface area contributed by atoms with Gasteiger partial charge in [0.25, 0.3) is 0 Å². The molecule has 0 bridgehead atoms. The second-order valence-electron chi connectivity index (χ2n) is 10.3. The van der Waals surface area contributed by atoms with Crippen LogP contribution in [0.3, 0.4) is 0 Å². The van der Waals surface area contributed by atoms with Crippen molar-refractivity contribution in [3.63, 3.8) is 0 Å². The fourth-order valence-electron chi connectivity index (χ4n) is 5.15. The molecule has 1 amide bonds. The lowest BCUT2D eigenvalue weighted by atomic mass is 9.97. The third-order valence-electron chi connectivity index (χ3n) is 7.40. The number of hydrogen-bond acceptors (Lipinski definition) is 9. The van der Waals surface area contributed by atoms with Crippen molar-refractivity contribution in [1.82, 2.24) is 19.9 Å². The minimum absolute atomic E-state index is 0.0951. The van der Waals surface area contributed by atoms with E-state index in [1.165, 1.54) is 29.3 Å². The van der Waals surface area contributed by atoms with Crippen LogP contribution in [-0.2, 0) is 25.1 Å². The van der Waals surface area contributed by atoms with Gasteiger partial charge in [0.05, 0.1) is 39.8 Å². The summed E-state index contributed by atoms with van der Waals surface area (Å²) in [5.41, 5.74) is -1.70. The number of carbonyl (C=O) groups excluding carboxylic acids is 1. The number of β-amino-alcohol motifs (C(OH)–C–C–N with tert-alkyl or cyclic N) is 1. The minimum Gasteiger partial charge on any atom is -0.394 e. The largest absolute Gasteiger partial charge is 0.394 e. The summed E-state index contributed by atoms with van der Waals surface area (Å²) >= 11 is 12.2. The van der Waals surface area contributed by atoms with E-state index in [1.54, 1.807) is 0 Å². The Hall–Kier alpha value is -2.63. The molecule has 2 aromatic carbocycles. The van der Waals surface area contributed by atoms with E-state index in [-0.39, 0.29) is 32.7 Å². The van der Waals surface area contributed by atoms with Crippen molar-refractivity contribution in [2.24, 2.45) is 0 Å². The van der Waals surface area contributed by atoms with E-state index in [0.717, 1.165) is 4.68 Å². The molecule has 2 saturated heterocycles. The lowest BCUT2D eigenvalue weighted by Gasteiger charge is -2.43. The van der Waals surface area contributed by atoms with E-state index in [4.69, 9.17) is 32.7 Å². The summed E-state index contributed by atoms with van der Waals surface area (Å²) in [6, 6.07) is 4.32. The van der Waals surface area contributed by atoms with Gasteiger partial charge < -0.3 is 29.7 Å². The van der Waals surface area contributed by atoms with E-state index in [9.17, 15) is 37.5 Å². The van der Waals surface area contributed by atoms with Crippen LogP contribution in [0.2, 0.25) is 10.0 Å². The molecule has 3 N–H and O–H groups in total. The number of halogens is 5. The predicted molar refractivity (Wildman–Crippen MR) is 151 cm³/mol. The van der Waals surface area contributed by atoms with Crippen molar-refractivity contribution in [2.75, 3.05) is 26.3 Å². The van der Waals surface area contributed by atoms with Gasteiger partial charge in [-0.2, -0.15) is 0 Å². The standard InChI is InChI=1S/C27H27Cl2F3N4O7S/c28-16-4-3-15(8-17(16)29)44(41)27-26(42-12-22(39)35-5-1-2-14(38)9-35)24(25(40)21(11-37)43-27)36-10-20(33-34-36)13-6-18(30)23(32)19(31)7-13/h3-4,6-8,10,14,21,24-27,37-38,40H,1-2,5,9,11-12H2/t14-,21+,24-,25-,26+,27+,44-/m0/s1. The second-order valence-corrected chi connectivity index (χ2v) is 12.7. The molecular weight excluding hydrogens is 652 g/mol. The normalized spacial score (nSPS) is 26.5. The lowest BCUT2D eigenvalue weighted by Crippen LogP contribution is -2.58. The highest BCUT2D eigenvalue weighted by Crippen LogP contribution is 2.37. The van der Waals surface area contributed by atoms with Gasteiger partial charge in [-0.15, -0.1) is 5.10 Å². The SMILES string of the molecule is O=C(CO[C@@H]1[C@@H](n2cc(-c3cc(F)c(F)c(F)c3)nn2)[C@@H](O)[C@@H](CO)O[C@@H]1[S@@](=O)c1ccc(Cl)c(Cl)c1)N1CCC[C@H](O)C1. The summed E-state index contributed by atoms with van der Waals surface area (Å²) in [6.45, 7) is -0.814. The molecule has 3 aromatic rings. The van der Waals surface area contributed by atoms with Gasteiger partial charge in [-0.3, -0.25) is 9.00 Å². The number of likely N-dealkylation sites (tertiary alicyclic amines) is 1. The molecule has 0 radical (unpaired) electrons. The molecule has 17 heteroatoms.